The van der Waals surface area contributed by atoms with E-state index < -0.39 is 55.9 Å². The molecule has 7 nitrogen and oxygen atoms in total. The molecule has 1 saturated carbocycles. The van der Waals surface area contributed by atoms with Crippen molar-refractivity contribution < 1.29 is 32.5 Å². The minimum atomic E-state index is -3.92. The predicted molar refractivity (Wildman–Crippen MR) is 133 cm³/mol. The summed E-state index contributed by atoms with van der Waals surface area (Å²) in [5.74, 6) is -2.16. The van der Waals surface area contributed by atoms with Crippen molar-refractivity contribution in [2.75, 3.05) is 7.11 Å². The van der Waals surface area contributed by atoms with Crippen LogP contribution >= 0.6 is 0 Å². The molecule has 1 aliphatic heterocycles. The summed E-state index contributed by atoms with van der Waals surface area (Å²) in [7, 11) is -2.58. The molecule has 8 heteroatoms. The van der Waals surface area contributed by atoms with Gasteiger partial charge in [-0.05, 0) is 76.8 Å². The molecule has 6 atom stereocenters. The van der Waals surface area contributed by atoms with Gasteiger partial charge < -0.3 is 19.3 Å². The van der Waals surface area contributed by atoms with E-state index in [-0.39, 0.29) is 17.3 Å². The van der Waals surface area contributed by atoms with Crippen molar-refractivity contribution in [3.8, 4) is 0 Å². The normalized spacial score (nSPS) is 31.9. The second kappa shape index (κ2) is 9.96. The molecule has 2 unspecified atom stereocenters. The number of rotatable bonds is 8. The van der Waals surface area contributed by atoms with Crippen molar-refractivity contribution in [3.05, 3.63) is 43.0 Å². The number of carbonyl (C=O) groups is 1. The Bertz CT molecular complexity index is 1020. The summed E-state index contributed by atoms with van der Waals surface area (Å²) in [5.41, 5.74) is -1.22. The van der Waals surface area contributed by atoms with Gasteiger partial charge in [-0.15, -0.1) is 6.58 Å². The number of hydrogen-bond donors (Lipinski definition) is 1. The highest BCUT2D eigenvalue weighted by Gasteiger charge is 2.52. The molecule has 0 amide bonds. The number of carbonyl (C=O) groups excluding carboxylic acids is 1. The number of methoxy groups -OCH3 is 1. The fourth-order valence-electron chi connectivity index (χ4n) is 5.71. The molecular formula is C27H40O7S. The van der Waals surface area contributed by atoms with Crippen molar-refractivity contribution in [3.63, 3.8) is 0 Å². The molecule has 1 aliphatic carbocycles. The van der Waals surface area contributed by atoms with Crippen LogP contribution in [-0.4, -0.2) is 55.4 Å². The van der Waals surface area contributed by atoms with E-state index in [2.05, 4.69) is 6.58 Å². The standard InChI is InChI=1S/C27H40O7S/c1-8-27(6)15-14-18(16-20(27)24(29)32-7)23(28)21(35(30,31)19-12-10-9-11-13-19)17-22-25(2,3)34-26(4,5)33-22/h8-13,18,20-23,28H,1,14-17H2,2-7H3/t18-,20+,21?,22+,23?,27-/m0/s1. The third-order valence-electron chi connectivity index (χ3n) is 7.83. The van der Waals surface area contributed by atoms with Gasteiger partial charge in [0, 0.05) is 0 Å². The highest BCUT2D eigenvalue weighted by molar-refractivity contribution is 7.92. The molecule has 0 spiro atoms. The fraction of sp³-hybridized carbons (Fsp3) is 0.667. The summed E-state index contributed by atoms with van der Waals surface area (Å²) >= 11 is 0. The van der Waals surface area contributed by atoms with Gasteiger partial charge in [-0.3, -0.25) is 4.79 Å². The van der Waals surface area contributed by atoms with E-state index in [0.29, 0.717) is 19.3 Å². The largest absolute Gasteiger partial charge is 0.469 e. The van der Waals surface area contributed by atoms with Crippen LogP contribution in [0.4, 0.5) is 0 Å². The maximum atomic E-state index is 13.9. The van der Waals surface area contributed by atoms with Crippen molar-refractivity contribution >= 4 is 15.8 Å². The fourth-order valence-corrected chi connectivity index (χ4v) is 7.62. The minimum Gasteiger partial charge on any atom is -0.469 e. The second-order valence-electron chi connectivity index (χ2n) is 11.2. The Labute approximate surface area is 209 Å². The lowest BCUT2D eigenvalue weighted by molar-refractivity contribution is -0.158. The molecule has 1 heterocycles. The highest BCUT2D eigenvalue weighted by Crippen LogP contribution is 2.48. The molecule has 0 radical (unpaired) electrons. The smallest absolute Gasteiger partial charge is 0.309 e. The van der Waals surface area contributed by atoms with Crippen LogP contribution in [-0.2, 0) is 28.8 Å². The molecule has 2 aliphatic rings. The van der Waals surface area contributed by atoms with Gasteiger partial charge >= 0.3 is 5.97 Å². The lowest BCUT2D eigenvalue weighted by Crippen LogP contribution is -2.48. The minimum absolute atomic E-state index is 0.0624. The van der Waals surface area contributed by atoms with E-state index in [1.807, 2.05) is 20.8 Å². The lowest BCUT2D eigenvalue weighted by Gasteiger charge is -2.43. The zero-order valence-corrected chi connectivity index (χ0v) is 22.5. The third-order valence-corrected chi connectivity index (χ3v) is 10.0. The van der Waals surface area contributed by atoms with E-state index in [4.69, 9.17) is 14.2 Å². The number of hydrogen-bond acceptors (Lipinski definition) is 7. The van der Waals surface area contributed by atoms with Crippen molar-refractivity contribution in [1.29, 1.82) is 0 Å². The maximum absolute atomic E-state index is 13.9. The van der Waals surface area contributed by atoms with Gasteiger partial charge in [0.15, 0.2) is 15.6 Å². The molecule has 2 fully saturated rings. The van der Waals surface area contributed by atoms with Crippen LogP contribution in [0.3, 0.4) is 0 Å². The number of benzene rings is 1. The molecule has 35 heavy (non-hydrogen) atoms. The van der Waals surface area contributed by atoms with Crippen LogP contribution in [0.15, 0.2) is 47.9 Å². The van der Waals surface area contributed by atoms with Crippen LogP contribution < -0.4 is 0 Å². The molecule has 3 rings (SSSR count). The first-order valence-corrected chi connectivity index (χ1v) is 13.8. The molecule has 196 valence electrons. The number of aliphatic hydroxyl groups is 1. The summed E-state index contributed by atoms with van der Waals surface area (Å²) in [6.07, 6.45) is 1.55. The summed E-state index contributed by atoms with van der Waals surface area (Å²) in [6, 6.07) is 8.18. The van der Waals surface area contributed by atoms with Crippen LogP contribution in [0.5, 0.6) is 0 Å². The van der Waals surface area contributed by atoms with Gasteiger partial charge in [0.2, 0.25) is 0 Å². The topological polar surface area (TPSA) is 99.1 Å². The number of ether oxygens (including phenoxy) is 3. The van der Waals surface area contributed by atoms with Crippen molar-refractivity contribution in [2.45, 2.75) is 94.0 Å². The van der Waals surface area contributed by atoms with Crippen LogP contribution in [0.25, 0.3) is 0 Å². The molecule has 0 aromatic heterocycles. The zero-order chi connectivity index (χ0) is 26.2. The van der Waals surface area contributed by atoms with E-state index in [0.717, 1.165) is 0 Å². The van der Waals surface area contributed by atoms with Gasteiger partial charge in [0.25, 0.3) is 0 Å². The first-order valence-electron chi connectivity index (χ1n) is 12.2. The van der Waals surface area contributed by atoms with E-state index in [9.17, 15) is 18.3 Å². The molecule has 1 aromatic rings. The molecule has 1 N–H and O–H groups in total. The Morgan fingerprint density at radius 2 is 1.86 bits per heavy atom. The molecule has 0 bridgehead atoms. The number of esters is 1. The highest BCUT2D eigenvalue weighted by atomic mass is 32.2. The van der Waals surface area contributed by atoms with Crippen molar-refractivity contribution in [1.82, 2.24) is 0 Å². The first-order chi connectivity index (χ1) is 16.2. The quantitative estimate of drug-likeness (QED) is 0.413. The first kappa shape index (κ1) is 27.8. The number of sulfone groups is 1. The zero-order valence-electron chi connectivity index (χ0n) is 21.7. The van der Waals surface area contributed by atoms with E-state index in [1.165, 1.54) is 7.11 Å². The lowest BCUT2D eigenvalue weighted by atomic mass is 9.63. The van der Waals surface area contributed by atoms with Crippen LogP contribution in [0.2, 0.25) is 0 Å². The summed E-state index contributed by atoms with van der Waals surface area (Å²) < 4.78 is 44.9. The summed E-state index contributed by atoms with van der Waals surface area (Å²) in [5, 5.41) is 10.5. The van der Waals surface area contributed by atoms with Gasteiger partial charge in [-0.2, -0.15) is 0 Å². The van der Waals surface area contributed by atoms with E-state index >= 15 is 0 Å². The number of aliphatic hydroxyl groups excluding tert-OH is 1. The van der Waals surface area contributed by atoms with E-state index in [1.54, 1.807) is 50.3 Å². The molecule has 1 saturated heterocycles. The average molecular weight is 509 g/mol. The average Bonchev–Trinajstić information content (AvgIpc) is 3.02. The third kappa shape index (κ3) is 5.66. The van der Waals surface area contributed by atoms with Crippen LogP contribution in [0, 0.1) is 17.3 Å². The van der Waals surface area contributed by atoms with Crippen LogP contribution in [0.1, 0.15) is 60.3 Å². The van der Waals surface area contributed by atoms with Gasteiger partial charge in [-0.25, -0.2) is 8.42 Å². The number of allylic oxidation sites excluding steroid dienone is 1. The van der Waals surface area contributed by atoms with Gasteiger partial charge in [-0.1, -0.05) is 31.2 Å². The Morgan fingerprint density at radius 1 is 1.23 bits per heavy atom. The Morgan fingerprint density at radius 3 is 2.37 bits per heavy atom. The Hall–Kier alpha value is -1.74. The maximum Gasteiger partial charge on any atom is 0.309 e. The Balaban J connectivity index is 1.97. The SMILES string of the molecule is C=C[C@@]1(C)CC[C@H](C(O)C(C[C@H]2OC(C)(C)OC2(C)C)S(=O)(=O)c2ccccc2)C[C@@H]1C(=O)OC. The Kier molecular flexibility index (Phi) is 7.92. The summed E-state index contributed by atoms with van der Waals surface area (Å²) in [6.45, 7) is 13.2. The summed E-state index contributed by atoms with van der Waals surface area (Å²) in [4.78, 5) is 12.8. The van der Waals surface area contributed by atoms with Gasteiger partial charge in [0.05, 0.1) is 41.0 Å². The molecule has 1 aromatic carbocycles. The van der Waals surface area contributed by atoms with Gasteiger partial charge in [0.1, 0.15) is 0 Å². The second-order valence-corrected chi connectivity index (χ2v) is 13.3. The monoisotopic (exact) mass is 508 g/mol. The molecular weight excluding hydrogens is 468 g/mol. The van der Waals surface area contributed by atoms with Crippen molar-refractivity contribution in [2.24, 2.45) is 17.3 Å². The predicted octanol–water partition coefficient (Wildman–Crippen LogP) is 4.29.